The van der Waals surface area contributed by atoms with Crippen molar-refractivity contribution < 1.29 is 9.15 Å². The number of unbranched alkanes of at least 4 members (excludes halogenated alkanes) is 1. The van der Waals surface area contributed by atoms with Crippen molar-refractivity contribution in [3.63, 3.8) is 0 Å². The standard InChI is InChI=1S/C35H35BO2/c1-7-8-11-21-14-16-30-33-32(21)35(5,6)25-20-31-24(23-12-9-10-13-28(23)37-31)19-26(25)36(33)27-18-22(34(2,3)4)15-17-29(27)38-30/h9-10,12-20H,7-8,11H2,1-6H3. The smallest absolute Gasteiger partial charge is 0.251 e. The molecule has 0 N–H and O–H groups in total. The molecular formula is C35H35BO2. The molecule has 4 aromatic carbocycles. The molecule has 2 nitrogen and oxygen atoms in total. The van der Waals surface area contributed by atoms with E-state index in [1.807, 2.05) is 0 Å². The Morgan fingerprint density at radius 1 is 0.816 bits per heavy atom. The molecule has 0 unspecified atom stereocenters. The summed E-state index contributed by atoms with van der Waals surface area (Å²) in [4.78, 5) is 0. The van der Waals surface area contributed by atoms with Gasteiger partial charge in [0, 0.05) is 16.2 Å². The van der Waals surface area contributed by atoms with Crippen LogP contribution in [0.25, 0.3) is 21.9 Å². The van der Waals surface area contributed by atoms with Gasteiger partial charge in [-0.2, -0.15) is 0 Å². The van der Waals surface area contributed by atoms with E-state index in [1.54, 1.807) is 0 Å². The fraction of sp³-hybridized carbons (Fsp3) is 0.314. The summed E-state index contributed by atoms with van der Waals surface area (Å²) in [6.07, 6.45) is 3.46. The van der Waals surface area contributed by atoms with Crippen LogP contribution in [-0.4, -0.2) is 6.71 Å². The van der Waals surface area contributed by atoms with E-state index in [2.05, 4.69) is 108 Å². The van der Waals surface area contributed by atoms with Gasteiger partial charge in [-0.15, -0.1) is 0 Å². The van der Waals surface area contributed by atoms with Crippen LogP contribution in [0.15, 0.2) is 71.1 Å². The van der Waals surface area contributed by atoms with Crippen LogP contribution in [0.5, 0.6) is 11.5 Å². The van der Waals surface area contributed by atoms with Crippen molar-refractivity contribution in [2.75, 3.05) is 0 Å². The first-order valence-electron chi connectivity index (χ1n) is 14.1. The first kappa shape index (κ1) is 23.6. The van der Waals surface area contributed by atoms with E-state index < -0.39 is 0 Å². The molecule has 0 fully saturated rings. The lowest BCUT2D eigenvalue weighted by Crippen LogP contribution is -2.63. The molecule has 0 radical (unpaired) electrons. The monoisotopic (exact) mass is 498 g/mol. The second-order valence-corrected chi connectivity index (χ2v) is 12.8. The SMILES string of the molecule is CCCCc1ccc2c3c1C(C)(C)c1cc4oc5ccccc5c4cc1B3c1cc(C(C)(C)C)ccc1O2. The fourth-order valence-electron chi connectivity index (χ4n) is 6.97. The molecule has 0 saturated heterocycles. The molecule has 3 heterocycles. The summed E-state index contributed by atoms with van der Waals surface area (Å²) in [5, 5.41) is 2.38. The molecule has 0 bridgehead atoms. The first-order valence-corrected chi connectivity index (χ1v) is 14.1. The lowest BCUT2D eigenvalue weighted by molar-refractivity contribution is 0.482. The molecule has 38 heavy (non-hydrogen) atoms. The first-order chi connectivity index (χ1) is 18.2. The minimum atomic E-state index is -0.171. The minimum absolute atomic E-state index is 0.0581. The molecular weight excluding hydrogens is 463 g/mol. The Morgan fingerprint density at radius 2 is 1.61 bits per heavy atom. The Balaban J connectivity index is 1.59. The van der Waals surface area contributed by atoms with Crippen LogP contribution >= 0.6 is 0 Å². The second-order valence-electron chi connectivity index (χ2n) is 12.8. The quantitative estimate of drug-likeness (QED) is 0.236. The number of hydrogen-bond acceptors (Lipinski definition) is 2. The van der Waals surface area contributed by atoms with Crippen molar-refractivity contribution in [3.8, 4) is 11.5 Å². The predicted octanol–water partition coefficient (Wildman–Crippen LogP) is 7.49. The highest BCUT2D eigenvalue weighted by Gasteiger charge is 2.46. The zero-order valence-corrected chi connectivity index (χ0v) is 23.4. The third-order valence-corrected chi connectivity index (χ3v) is 8.95. The van der Waals surface area contributed by atoms with E-state index in [1.165, 1.54) is 62.3 Å². The number of para-hydroxylation sites is 1. The number of hydrogen-bond donors (Lipinski definition) is 0. The van der Waals surface area contributed by atoms with Gasteiger partial charge in [0.1, 0.15) is 22.7 Å². The molecule has 3 heteroatoms. The van der Waals surface area contributed by atoms with Crippen LogP contribution in [-0.2, 0) is 17.3 Å². The van der Waals surface area contributed by atoms with Crippen LogP contribution in [0.2, 0.25) is 0 Å². The van der Waals surface area contributed by atoms with Crippen molar-refractivity contribution in [2.45, 2.75) is 71.6 Å². The van der Waals surface area contributed by atoms with Crippen molar-refractivity contribution >= 4 is 45.0 Å². The van der Waals surface area contributed by atoms with E-state index in [9.17, 15) is 0 Å². The Bertz CT molecular complexity index is 1750. The molecule has 0 saturated carbocycles. The second kappa shape index (κ2) is 8.02. The van der Waals surface area contributed by atoms with Crippen LogP contribution in [0, 0.1) is 0 Å². The van der Waals surface area contributed by atoms with Gasteiger partial charge in [0.25, 0.3) is 6.71 Å². The average Bonchev–Trinajstić information content (AvgIpc) is 3.25. The molecule has 0 spiro atoms. The summed E-state index contributed by atoms with van der Waals surface area (Å²) < 4.78 is 13.1. The molecule has 7 rings (SSSR count). The third-order valence-electron chi connectivity index (χ3n) is 8.95. The normalized spacial score (nSPS) is 15.3. The van der Waals surface area contributed by atoms with Crippen LogP contribution in [0.4, 0.5) is 0 Å². The molecule has 1 aromatic heterocycles. The van der Waals surface area contributed by atoms with E-state index in [0.717, 1.165) is 29.1 Å². The van der Waals surface area contributed by atoms with E-state index >= 15 is 0 Å². The van der Waals surface area contributed by atoms with Gasteiger partial charge >= 0.3 is 0 Å². The average molecular weight is 498 g/mol. The molecule has 190 valence electrons. The maximum atomic E-state index is 6.68. The van der Waals surface area contributed by atoms with Crippen molar-refractivity contribution in [2.24, 2.45) is 0 Å². The summed E-state index contributed by atoms with van der Waals surface area (Å²) in [5.41, 5.74) is 11.4. The van der Waals surface area contributed by atoms with Gasteiger partial charge in [-0.05, 0) is 75.7 Å². The highest BCUT2D eigenvalue weighted by molar-refractivity contribution is 6.98. The molecule has 0 aliphatic carbocycles. The Labute approximate surface area is 226 Å². The zero-order valence-electron chi connectivity index (χ0n) is 23.4. The predicted molar refractivity (Wildman–Crippen MR) is 161 cm³/mol. The van der Waals surface area contributed by atoms with Crippen LogP contribution in [0.1, 0.15) is 76.6 Å². The molecule has 2 aliphatic rings. The fourth-order valence-corrected chi connectivity index (χ4v) is 6.97. The maximum absolute atomic E-state index is 6.68. The van der Waals surface area contributed by atoms with Gasteiger partial charge in [-0.1, -0.05) is 95.9 Å². The van der Waals surface area contributed by atoms with Crippen molar-refractivity contribution in [1.29, 1.82) is 0 Å². The number of rotatable bonds is 3. The Hall–Kier alpha value is -3.46. The van der Waals surface area contributed by atoms with Crippen LogP contribution < -0.4 is 21.1 Å². The molecule has 0 atom stereocenters. The zero-order chi connectivity index (χ0) is 26.4. The third kappa shape index (κ3) is 3.27. The van der Waals surface area contributed by atoms with Gasteiger partial charge in [0.2, 0.25) is 0 Å². The number of benzene rings is 4. The lowest BCUT2D eigenvalue weighted by Gasteiger charge is -2.43. The van der Waals surface area contributed by atoms with Gasteiger partial charge in [0.05, 0.1) is 0 Å². The summed E-state index contributed by atoms with van der Waals surface area (Å²) in [6, 6.07) is 24.6. The van der Waals surface area contributed by atoms with Gasteiger partial charge in [-0.3, -0.25) is 0 Å². The number of ether oxygens (including phenoxy) is 1. The Kier molecular flexibility index (Phi) is 4.99. The summed E-state index contributed by atoms with van der Waals surface area (Å²) in [7, 11) is 0. The summed E-state index contributed by atoms with van der Waals surface area (Å²) in [5.74, 6) is 1.99. The summed E-state index contributed by atoms with van der Waals surface area (Å²) in [6.45, 7) is 14.1. The minimum Gasteiger partial charge on any atom is -0.458 e. The highest BCUT2D eigenvalue weighted by atomic mass is 16.5. The highest BCUT2D eigenvalue weighted by Crippen LogP contribution is 2.43. The van der Waals surface area contributed by atoms with E-state index in [0.29, 0.717) is 0 Å². The lowest BCUT2D eigenvalue weighted by atomic mass is 9.30. The molecule has 5 aromatic rings. The molecule has 2 aliphatic heterocycles. The van der Waals surface area contributed by atoms with Gasteiger partial charge in [-0.25, -0.2) is 0 Å². The Morgan fingerprint density at radius 3 is 2.39 bits per heavy atom. The van der Waals surface area contributed by atoms with E-state index in [4.69, 9.17) is 9.15 Å². The van der Waals surface area contributed by atoms with Gasteiger partial charge in [0.15, 0.2) is 0 Å². The van der Waals surface area contributed by atoms with Crippen LogP contribution in [0.3, 0.4) is 0 Å². The maximum Gasteiger partial charge on any atom is 0.251 e. The number of aryl methyl sites for hydroxylation is 1. The van der Waals surface area contributed by atoms with Crippen molar-refractivity contribution in [1.82, 2.24) is 0 Å². The van der Waals surface area contributed by atoms with Crippen molar-refractivity contribution in [3.05, 3.63) is 89.0 Å². The number of furan rings is 1. The largest absolute Gasteiger partial charge is 0.458 e. The van der Waals surface area contributed by atoms with E-state index in [-0.39, 0.29) is 17.5 Å². The summed E-state index contributed by atoms with van der Waals surface area (Å²) >= 11 is 0. The molecule has 0 amide bonds. The topological polar surface area (TPSA) is 22.4 Å². The van der Waals surface area contributed by atoms with Gasteiger partial charge < -0.3 is 9.15 Å². The number of fused-ring (bicyclic) bond motifs is 7.